The maximum atomic E-state index is 6.52. The van der Waals surface area contributed by atoms with Gasteiger partial charge < -0.3 is 18.5 Å². The van der Waals surface area contributed by atoms with Crippen molar-refractivity contribution in [3.8, 4) is 23.0 Å². The molecule has 0 saturated heterocycles. The molecular formula is C26H16BN5O. The molecule has 6 aromatic rings. The fraction of sp³-hybridized carbons (Fsp3) is 0. The number of imidazole rings is 1. The molecule has 0 bridgehead atoms. The smallest absolute Gasteiger partial charge is 0.521 e. The van der Waals surface area contributed by atoms with Gasteiger partial charge >= 0.3 is 7.19 Å². The Morgan fingerprint density at radius 3 is 2.33 bits per heavy atom. The van der Waals surface area contributed by atoms with Crippen molar-refractivity contribution >= 4 is 40.4 Å². The molecular weight excluding hydrogens is 409 g/mol. The van der Waals surface area contributed by atoms with E-state index in [0.29, 0.717) is 0 Å². The monoisotopic (exact) mass is 425 g/mol. The Morgan fingerprint density at radius 2 is 1.52 bits per heavy atom. The van der Waals surface area contributed by atoms with Gasteiger partial charge in [-0.25, -0.2) is 4.98 Å². The Balaban J connectivity index is 1.36. The third-order valence-corrected chi connectivity index (χ3v) is 6.66. The average molecular weight is 425 g/mol. The lowest BCUT2D eigenvalue weighted by Gasteiger charge is -2.28. The van der Waals surface area contributed by atoms with Gasteiger partial charge in [0.1, 0.15) is 11.4 Å². The summed E-state index contributed by atoms with van der Waals surface area (Å²) in [6, 6.07) is 27.6. The number of rotatable bonds is 1. The highest BCUT2D eigenvalue weighted by molar-refractivity contribution is 6.61. The molecule has 3 aromatic carbocycles. The number of hydrogen-bond acceptors (Lipinski definition) is 4. The molecule has 33 heavy (non-hydrogen) atoms. The Kier molecular flexibility index (Phi) is 3.13. The second-order valence-corrected chi connectivity index (χ2v) is 8.37. The van der Waals surface area contributed by atoms with E-state index in [1.54, 1.807) is 12.4 Å². The second-order valence-electron chi connectivity index (χ2n) is 8.37. The van der Waals surface area contributed by atoms with Crippen molar-refractivity contribution in [1.29, 1.82) is 0 Å². The first-order valence-corrected chi connectivity index (χ1v) is 11.0. The van der Waals surface area contributed by atoms with Crippen LogP contribution in [0.1, 0.15) is 0 Å². The number of nitrogens with zero attached hydrogens (tertiary/aromatic N) is 5. The van der Waals surface area contributed by atoms with Crippen molar-refractivity contribution in [2.45, 2.75) is 0 Å². The van der Waals surface area contributed by atoms with Crippen molar-refractivity contribution in [3.05, 3.63) is 97.5 Å². The molecule has 0 saturated carbocycles. The van der Waals surface area contributed by atoms with Gasteiger partial charge in [-0.1, -0.05) is 36.4 Å². The molecule has 0 N–H and O–H groups in total. The van der Waals surface area contributed by atoms with E-state index in [1.807, 2.05) is 16.7 Å². The number of benzene rings is 3. The van der Waals surface area contributed by atoms with Crippen LogP contribution in [-0.2, 0) is 0 Å². The van der Waals surface area contributed by atoms with E-state index >= 15 is 0 Å². The van der Waals surface area contributed by atoms with Gasteiger partial charge in [0, 0.05) is 41.1 Å². The Morgan fingerprint density at radius 1 is 0.727 bits per heavy atom. The SMILES string of the molecule is c1cnc2c(c1)N1B(Oc3cc(-n4c5ccccc5c5ccccc54)ccc31)n1ccnc1-2. The van der Waals surface area contributed by atoms with Crippen LogP contribution in [0.4, 0.5) is 11.4 Å². The van der Waals surface area contributed by atoms with E-state index in [-0.39, 0.29) is 7.19 Å². The van der Waals surface area contributed by atoms with Crippen LogP contribution in [0.3, 0.4) is 0 Å². The van der Waals surface area contributed by atoms with Crippen LogP contribution in [0.2, 0.25) is 0 Å². The third-order valence-electron chi connectivity index (χ3n) is 6.66. The van der Waals surface area contributed by atoms with Crippen LogP contribution in [0.5, 0.6) is 5.75 Å². The predicted molar refractivity (Wildman–Crippen MR) is 130 cm³/mol. The number of para-hydroxylation sites is 2. The highest BCUT2D eigenvalue weighted by atomic mass is 16.5. The topological polar surface area (TPSA) is 48.1 Å². The number of hydrogen-bond donors (Lipinski definition) is 0. The summed E-state index contributed by atoms with van der Waals surface area (Å²) < 4.78 is 10.9. The molecule has 3 aromatic heterocycles. The van der Waals surface area contributed by atoms with Crippen LogP contribution in [-0.4, -0.2) is 26.2 Å². The zero-order chi connectivity index (χ0) is 21.5. The van der Waals surface area contributed by atoms with Crippen LogP contribution < -0.4 is 9.47 Å². The maximum Gasteiger partial charge on any atom is 0.629 e. The lowest BCUT2D eigenvalue weighted by molar-refractivity contribution is 0.575. The van der Waals surface area contributed by atoms with Crippen LogP contribution in [0.15, 0.2) is 97.5 Å². The van der Waals surface area contributed by atoms with Gasteiger partial charge in [-0.05, 0) is 36.4 Å². The van der Waals surface area contributed by atoms with E-state index in [2.05, 4.69) is 92.1 Å². The predicted octanol–water partition coefficient (Wildman–Crippen LogP) is 5.42. The molecule has 0 spiro atoms. The first-order valence-electron chi connectivity index (χ1n) is 11.0. The summed E-state index contributed by atoms with van der Waals surface area (Å²) in [7, 11) is -0.317. The van der Waals surface area contributed by atoms with Crippen molar-refractivity contribution in [2.75, 3.05) is 4.81 Å². The number of aromatic nitrogens is 4. The summed E-state index contributed by atoms with van der Waals surface area (Å²) in [5.41, 5.74) is 6.33. The minimum atomic E-state index is -0.317. The van der Waals surface area contributed by atoms with Crippen LogP contribution >= 0.6 is 0 Å². The summed E-state index contributed by atoms with van der Waals surface area (Å²) >= 11 is 0. The van der Waals surface area contributed by atoms with Crippen LogP contribution in [0, 0.1) is 0 Å². The van der Waals surface area contributed by atoms with Crippen molar-refractivity contribution in [3.63, 3.8) is 0 Å². The largest absolute Gasteiger partial charge is 0.629 e. The Bertz CT molecular complexity index is 1680. The van der Waals surface area contributed by atoms with Gasteiger partial charge in [-0.3, -0.25) is 4.98 Å². The van der Waals surface area contributed by atoms with Gasteiger partial charge in [0.05, 0.1) is 22.4 Å². The van der Waals surface area contributed by atoms with Crippen LogP contribution in [0.25, 0.3) is 39.0 Å². The normalized spacial score (nSPS) is 13.6. The molecule has 154 valence electrons. The molecule has 0 unspecified atom stereocenters. The third kappa shape index (κ3) is 2.13. The van der Waals surface area contributed by atoms with Gasteiger partial charge in [0.15, 0.2) is 5.82 Å². The fourth-order valence-corrected chi connectivity index (χ4v) is 5.29. The minimum Gasteiger partial charge on any atom is -0.521 e. The molecule has 6 nitrogen and oxygen atoms in total. The quantitative estimate of drug-likeness (QED) is 0.330. The molecule has 2 aliphatic heterocycles. The molecule has 0 aliphatic carbocycles. The Labute approximate surface area is 189 Å². The van der Waals surface area contributed by atoms with E-state index in [9.17, 15) is 0 Å². The van der Waals surface area contributed by atoms with E-state index in [1.165, 1.54) is 21.8 Å². The zero-order valence-corrected chi connectivity index (χ0v) is 17.5. The summed E-state index contributed by atoms with van der Waals surface area (Å²) in [6.07, 6.45) is 5.55. The maximum absolute atomic E-state index is 6.52. The number of pyridine rings is 1. The molecule has 0 atom stereocenters. The Hall–Kier alpha value is -4.52. The van der Waals surface area contributed by atoms with Crippen molar-refractivity contribution < 1.29 is 4.65 Å². The highest BCUT2D eigenvalue weighted by Crippen LogP contribution is 2.47. The fourth-order valence-electron chi connectivity index (χ4n) is 5.29. The average Bonchev–Trinajstić information content (AvgIpc) is 3.57. The highest BCUT2D eigenvalue weighted by Gasteiger charge is 2.46. The van der Waals surface area contributed by atoms with E-state index < -0.39 is 0 Å². The molecule has 8 rings (SSSR count). The minimum absolute atomic E-state index is 0.317. The van der Waals surface area contributed by atoms with Crippen molar-refractivity contribution in [2.24, 2.45) is 0 Å². The molecule has 0 radical (unpaired) electrons. The molecule has 0 amide bonds. The van der Waals surface area contributed by atoms with E-state index in [4.69, 9.17) is 4.65 Å². The van der Waals surface area contributed by atoms with Gasteiger partial charge in [-0.2, -0.15) is 0 Å². The summed E-state index contributed by atoms with van der Waals surface area (Å²) in [6.45, 7) is 0. The number of fused-ring (bicyclic) bond motifs is 11. The first-order chi connectivity index (χ1) is 16.4. The second kappa shape index (κ2) is 6.04. The molecule has 5 heterocycles. The molecule has 0 fully saturated rings. The zero-order valence-electron chi connectivity index (χ0n) is 17.5. The molecule has 7 heteroatoms. The van der Waals surface area contributed by atoms with Gasteiger partial charge in [-0.15, -0.1) is 0 Å². The molecule has 2 aliphatic rings. The lowest BCUT2D eigenvalue weighted by atomic mass is 9.91. The number of anilines is 2. The van der Waals surface area contributed by atoms with Gasteiger partial charge in [0.25, 0.3) is 0 Å². The standard InChI is InChI=1S/C26H16BN5O/c1-3-8-20-18(6-1)19-7-2-4-9-21(19)31(20)17-11-12-22-24(16-17)33-27-30-15-14-29-26(30)25-23(32(22)27)10-5-13-28-25/h1-16H. The summed E-state index contributed by atoms with van der Waals surface area (Å²) in [5.74, 6) is 1.66. The first kappa shape index (κ1) is 17.1. The summed E-state index contributed by atoms with van der Waals surface area (Å²) in [5, 5.41) is 2.49. The summed E-state index contributed by atoms with van der Waals surface area (Å²) in [4.78, 5) is 11.3. The lowest BCUT2D eigenvalue weighted by Crippen LogP contribution is -2.46. The van der Waals surface area contributed by atoms with Crippen molar-refractivity contribution in [1.82, 2.24) is 19.0 Å². The van der Waals surface area contributed by atoms with Gasteiger partial charge in [0.2, 0.25) is 0 Å². The van der Waals surface area contributed by atoms with E-state index in [0.717, 1.165) is 34.3 Å².